The zero-order valence-electron chi connectivity index (χ0n) is 12.6. The van der Waals surface area contributed by atoms with E-state index in [-0.39, 0.29) is 5.92 Å². The smallest absolute Gasteiger partial charge is 0.306 e. The van der Waals surface area contributed by atoms with Crippen molar-refractivity contribution in [2.75, 3.05) is 0 Å². The van der Waals surface area contributed by atoms with Crippen LogP contribution in [0.1, 0.15) is 59.3 Å². The van der Waals surface area contributed by atoms with E-state index in [9.17, 15) is 9.90 Å². The van der Waals surface area contributed by atoms with E-state index in [1.165, 1.54) is 32.1 Å². The minimum atomic E-state index is -0.604. The Kier molecular flexibility index (Phi) is 3.18. The SMILES string of the molecule is CC(CC1C2CC3CC1CC(C(C)C)(C3)C2)C(=O)O. The van der Waals surface area contributed by atoms with Crippen LogP contribution in [0.15, 0.2) is 0 Å². The third-order valence-corrected chi connectivity index (χ3v) is 6.79. The van der Waals surface area contributed by atoms with Crippen molar-refractivity contribution in [2.24, 2.45) is 40.9 Å². The van der Waals surface area contributed by atoms with E-state index in [0.717, 1.165) is 30.1 Å². The summed E-state index contributed by atoms with van der Waals surface area (Å²) in [5.74, 6) is 3.36. The molecule has 4 rings (SSSR count). The molecule has 0 aromatic carbocycles. The van der Waals surface area contributed by atoms with Gasteiger partial charge in [0.15, 0.2) is 0 Å². The Morgan fingerprint density at radius 2 is 1.74 bits per heavy atom. The highest BCUT2D eigenvalue weighted by molar-refractivity contribution is 5.69. The van der Waals surface area contributed by atoms with Gasteiger partial charge in [-0.15, -0.1) is 0 Å². The number of aliphatic carboxylic acids is 1. The molecule has 1 N–H and O–H groups in total. The first-order valence-electron chi connectivity index (χ1n) is 8.14. The van der Waals surface area contributed by atoms with E-state index in [4.69, 9.17) is 0 Å². The van der Waals surface area contributed by atoms with Crippen molar-refractivity contribution in [2.45, 2.75) is 59.3 Å². The third kappa shape index (κ3) is 2.11. The predicted molar refractivity (Wildman–Crippen MR) is 75.7 cm³/mol. The van der Waals surface area contributed by atoms with Crippen molar-refractivity contribution in [3.05, 3.63) is 0 Å². The molecule has 3 unspecified atom stereocenters. The quantitative estimate of drug-likeness (QED) is 0.826. The van der Waals surface area contributed by atoms with E-state index >= 15 is 0 Å². The lowest BCUT2D eigenvalue weighted by Crippen LogP contribution is -2.53. The minimum absolute atomic E-state index is 0.155. The van der Waals surface area contributed by atoms with Crippen LogP contribution >= 0.6 is 0 Å². The maximum Gasteiger partial charge on any atom is 0.306 e. The van der Waals surface area contributed by atoms with Crippen molar-refractivity contribution in [1.82, 2.24) is 0 Å². The fourth-order valence-electron chi connectivity index (χ4n) is 5.79. The Morgan fingerprint density at radius 3 is 2.21 bits per heavy atom. The molecule has 4 aliphatic carbocycles. The summed E-state index contributed by atoms with van der Waals surface area (Å²) in [7, 11) is 0. The molecule has 2 heteroatoms. The summed E-state index contributed by atoms with van der Waals surface area (Å²) in [4.78, 5) is 11.1. The van der Waals surface area contributed by atoms with Gasteiger partial charge < -0.3 is 5.11 Å². The number of carboxylic acids is 1. The first-order valence-corrected chi connectivity index (χ1v) is 8.14. The lowest BCUT2D eigenvalue weighted by Gasteiger charge is -2.62. The summed E-state index contributed by atoms with van der Waals surface area (Å²) in [5, 5.41) is 9.18. The molecule has 0 aromatic rings. The molecule has 0 aliphatic heterocycles. The number of hydrogen-bond donors (Lipinski definition) is 1. The summed E-state index contributed by atoms with van der Waals surface area (Å²) >= 11 is 0. The average Bonchev–Trinajstić information content (AvgIpc) is 2.32. The lowest BCUT2D eigenvalue weighted by atomic mass is 9.43. The molecule has 0 amide bonds. The van der Waals surface area contributed by atoms with Gasteiger partial charge in [-0.2, -0.15) is 0 Å². The second kappa shape index (κ2) is 4.49. The first-order chi connectivity index (χ1) is 8.91. The number of hydrogen-bond acceptors (Lipinski definition) is 1. The maximum atomic E-state index is 11.1. The van der Waals surface area contributed by atoms with Gasteiger partial charge in [-0.3, -0.25) is 4.79 Å². The number of carbonyl (C=O) groups is 1. The van der Waals surface area contributed by atoms with Crippen LogP contribution in [0, 0.1) is 40.9 Å². The van der Waals surface area contributed by atoms with Crippen LogP contribution in [-0.4, -0.2) is 11.1 Å². The van der Waals surface area contributed by atoms with E-state index in [2.05, 4.69) is 13.8 Å². The monoisotopic (exact) mass is 264 g/mol. The highest BCUT2D eigenvalue weighted by Crippen LogP contribution is 2.65. The Morgan fingerprint density at radius 1 is 1.16 bits per heavy atom. The van der Waals surface area contributed by atoms with Crippen LogP contribution in [0.3, 0.4) is 0 Å². The summed E-state index contributed by atoms with van der Waals surface area (Å²) in [5.41, 5.74) is 0.611. The second-order valence-electron chi connectivity index (χ2n) is 8.13. The van der Waals surface area contributed by atoms with Crippen molar-refractivity contribution < 1.29 is 9.90 Å². The topological polar surface area (TPSA) is 37.3 Å². The van der Waals surface area contributed by atoms with Crippen LogP contribution in [0.5, 0.6) is 0 Å². The highest BCUT2D eigenvalue weighted by Gasteiger charge is 2.56. The second-order valence-corrected chi connectivity index (χ2v) is 8.13. The molecule has 4 fully saturated rings. The Balaban J connectivity index is 1.76. The van der Waals surface area contributed by atoms with Gasteiger partial charge in [0, 0.05) is 0 Å². The zero-order valence-corrected chi connectivity index (χ0v) is 12.6. The van der Waals surface area contributed by atoms with E-state index in [0.29, 0.717) is 11.3 Å². The van der Waals surface area contributed by atoms with Crippen LogP contribution in [0.2, 0.25) is 0 Å². The fraction of sp³-hybridized carbons (Fsp3) is 0.941. The van der Waals surface area contributed by atoms with Crippen LogP contribution in [0.25, 0.3) is 0 Å². The van der Waals surface area contributed by atoms with Crippen molar-refractivity contribution in [1.29, 1.82) is 0 Å². The Bertz CT molecular complexity index is 357. The molecule has 4 aliphatic rings. The lowest BCUT2D eigenvalue weighted by molar-refractivity contribution is -0.146. The van der Waals surface area contributed by atoms with E-state index in [1.807, 2.05) is 6.92 Å². The number of carboxylic acid groups (broad SMARTS) is 1. The van der Waals surface area contributed by atoms with Gasteiger partial charge in [-0.1, -0.05) is 20.8 Å². The highest BCUT2D eigenvalue weighted by atomic mass is 16.4. The molecule has 3 atom stereocenters. The molecule has 108 valence electrons. The first kappa shape index (κ1) is 13.5. The standard InChI is InChI=1S/C17H28O2/c1-10(2)17-7-12-5-13(8-17)15(14(6-12)9-17)4-11(3)16(18)19/h10-15H,4-9H2,1-3H3,(H,18,19). The summed E-state index contributed by atoms with van der Waals surface area (Å²) in [6.07, 6.45) is 7.93. The summed E-state index contributed by atoms with van der Waals surface area (Å²) in [6, 6.07) is 0. The molecule has 4 bridgehead atoms. The average molecular weight is 264 g/mol. The molecule has 4 saturated carbocycles. The molecular formula is C17H28O2. The molecule has 0 heterocycles. The van der Waals surface area contributed by atoms with Gasteiger partial charge in [0.25, 0.3) is 0 Å². The number of rotatable bonds is 4. The van der Waals surface area contributed by atoms with Crippen LogP contribution < -0.4 is 0 Å². The molecule has 19 heavy (non-hydrogen) atoms. The zero-order chi connectivity index (χ0) is 13.8. The van der Waals surface area contributed by atoms with Crippen molar-refractivity contribution >= 4 is 5.97 Å². The third-order valence-electron chi connectivity index (χ3n) is 6.79. The van der Waals surface area contributed by atoms with E-state index < -0.39 is 5.97 Å². The van der Waals surface area contributed by atoms with Crippen molar-refractivity contribution in [3.63, 3.8) is 0 Å². The van der Waals surface area contributed by atoms with Gasteiger partial charge in [-0.05, 0) is 73.5 Å². The molecule has 0 radical (unpaired) electrons. The normalized spacial score (nSPS) is 45.7. The molecule has 2 nitrogen and oxygen atoms in total. The Hall–Kier alpha value is -0.530. The molecule has 0 aromatic heterocycles. The van der Waals surface area contributed by atoms with Gasteiger partial charge >= 0.3 is 5.97 Å². The van der Waals surface area contributed by atoms with Crippen molar-refractivity contribution in [3.8, 4) is 0 Å². The molecule has 0 spiro atoms. The molecule has 0 saturated heterocycles. The van der Waals surface area contributed by atoms with Gasteiger partial charge in [-0.25, -0.2) is 0 Å². The fourth-order valence-corrected chi connectivity index (χ4v) is 5.79. The largest absolute Gasteiger partial charge is 0.481 e. The van der Waals surface area contributed by atoms with E-state index in [1.54, 1.807) is 0 Å². The summed E-state index contributed by atoms with van der Waals surface area (Å²) in [6.45, 7) is 6.70. The predicted octanol–water partition coefficient (Wildman–Crippen LogP) is 4.20. The summed E-state index contributed by atoms with van der Waals surface area (Å²) < 4.78 is 0. The minimum Gasteiger partial charge on any atom is -0.481 e. The van der Waals surface area contributed by atoms with Crippen LogP contribution in [-0.2, 0) is 4.79 Å². The maximum absolute atomic E-state index is 11.1. The Labute approximate surface area is 117 Å². The van der Waals surface area contributed by atoms with Gasteiger partial charge in [0.2, 0.25) is 0 Å². The molecular weight excluding hydrogens is 236 g/mol. The van der Waals surface area contributed by atoms with Gasteiger partial charge in [0.05, 0.1) is 5.92 Å². The van der Waals surface area contributed by atoms with Crippen LogP contribution in [0.4, 0.5) is 0 Å². The van der Waals surface area contributed by atoms with Gasteiger partial charge in [0.1, 0.15) is 0 Å².